The maximum Gasteiger partial charge on any atom is 0.264 e. The van der Waals surface area contributed by atoms with E-state index in [1.54, 1.807) is 49.4 Å². The van der Waals surface area contributed by atoms with Crippen molar-refractivity contribution in [2.75, 3.05) is 17.5 Å². The van der Waals surface area contributed by atoms with Crippen molar-refractivity contribution in [1.82, 2.24) is 10.2 Å². The summed E-state index contributed by atoms with van der Waals surface area (Å²) >= 11 is 0. The standard InChI is InChI=1S/C30H37N3O5S/c1-5-23(3)31-30(35)24(4)32(21-25-13-9-7-10-14-25)29(34)22-33(26-15-11-8-12-16-26)39(36,37)28-19-17-27(18-20-28)38-6-2/h7-20,23-24H,5-6,21-22H2,1-4H3,(H,31,35)/t23-,24+/m1/s1. The average Bonchev–Trinajstić information content (AvgIpc) is 2.95. The highest BCUT2D eigenvalue weighted by molar-refractivity contribution is 7.92. The minimum atomic E-state index is -4.13. The number of nitrogens with one attached hydrogen (secondary N) is 1. The van der Waals surface area contributed by atoms with E-state index in [1.807, 2.05) is 51.1 Å². The number of hydrogen-bond acceptors (Lipinski definition) is 5. The van der Waals surface area contributed by atoms with Gasteiger partial charge in [-0.1, -0.05) is 55.5 Å². The van der Waals surface area contributed by atoms with Crippen LogP contribution in [0.4, 0.5) is 5.69 Å². The lowest BCUT2D eigenvalue weighted by Gasteiger charge is -2.32. The van der Waals surface area contributed by atoms with Gasteiger partial charge in [0.25, 0.3) is 10.0 Å². The first-order chi connectivity index (χ1) is 18.7. The van der Waals surface area contributed by atoms with Crippen molar-refractivity contribution in [2.45, 2.75) is 57.6 Å². The SMILES string of the molecule is CCOc1ccc(S(=O)(=O)N(CC(=O)N(Cc2ccccc2)[C@@H](C)C(=O)N[C@H](C)CC)c2ccccc2)cc1. The topological polar surface area (TPSA) is 96.0 Å². The lowest BCUT2D eigenvalue weighted by atomic mass is 10.1. The highest BCUT2D eigenvalue weighted by Gasteiger charge is 2.32. The molecule has 0 bridgehead atoms. The molecule has 9 heteroatoms. The highest BCUT2D eigenvalue weighted by atomic mass is 32.2. The Kier molecular flexibility index (Phi) is 10.5. The monoisotopic (exact) mass is 551 g/mol. The number of rotatable bonds is 13. The van der Waals surface area contributed by atoms with Crippen LogP contribution in [-0.2, 0) is 26.2 Å². The number of sulfonamides is 1. The Bertz CT molecular complexity index is 1320. The van der Waals surface area contributed by atoms with Gasteiger partial charge in [-0.3, -0.25) is 13.9 Å². The van der Waals surface area contributed by atoms with Gasteiger partial charge in [0.1, 0.15) is 18.3 Å². The number of benzene rings is 3. The van der Waals surface area contributed by atoms with Gasteiger partial charge in [0.15, 0.2) is 0 Å². The van der Waals surface area contributed by atoms with Crippen LogP contribution >= 0.6 is 0 Å². The van der Waals surface area contributed by atoms with Crippen molar-refractivity contribution < 1.29 is 22.7 Å². The third-order valence-electron chi connectivity index (χ3n) is 6.41. The summed E-state index contributed by atoms with van der Waals surface area (Å²) in [5, 5.41) is 2.93. The smallest absolute Gasteiger partial charge is 0.264 e. The lowest BCUT2D eigenvalue weighted by molar-refractivity contribution is -0.139. The molecule has 0 aliphatic heterocycles. The third kappa shape index (κ3) is 7.83. The van der Waals surface area contributed by atoms with Crippen LogP contribution < -0.4 is 14.4 Å². The summed E-state index contributed by atoms with van der Waals surface area (Å²) in [6, 6.07) is 23.0. The molecule has 8 nitrogen and oxygen atoms in total. The lowest BCUT2D eigenvalue weighted by Crippen LogP contribution is -2.52. The van der Waals surface area contributed by atoms with Gasteiger partial charge >= 0.3 is 0 Å². The van der Waals surface area contributed by atoms with E-state index in [0.29, 0.717) is 18.0 Å². The number of para-hydroxylation sites is 1. The predicted molar refractivity (Wildman–Crippen MR) is 153 cm³/mol. The maximum atomic E-state index is 13.9. The van der Waals surface area contributed by atoms with E-state index in [2.05, 4.69) is 5.32 Å². The van der Waals surface area contributed by atoms with Crippen LogP contribution in [0, 0.1) is 0 Å². The van der Waals surface area contributed by atoms with Gasteiger partial charge in [0.05, 0.1) is 17.2 Å². The molecule has 208 valence electrons. The molecule has 0 aliphatic rings. The van der Waals surface area contributed by atoms with Crippen molar-refractivity contribution >= 4 is 27.5 Å². The number of ether oxygens (including phenoxy) is 1. The van der Waals surface area contributed by atoms with Crippen LogP contribution in [0.15, 0.2) is 89.8 Å². The number of carbonyl (C=O) groups is 2. The van der Waals surface area contributed by atoms with Crippen molar-refractivity contribution in [1.29, 1.82) is 0 Å². The Morgan fingerprint density at radius 1 is 0.872 bits per heavy atom. The molecule has 1 N–H and O–H groups in total. The quantitative estimate of drug-likeness (QED) is 0.335. The highest BCUT2D eigenvalue weighted by Crippen LogP contribution is 2.26. The Morgan fingerprint density at radius 2 is 1.46 bits per heavy atom. The largest absolute Gasteiger partial charge is 0.494 e. The van der Waals surface area contributed by atoms with Crippen LogP contribution in [0.2, 0.25) is 0 Å². The molecule has 0 radical (unpaired) electrons. The molecule has 0 unspecified atom stereocenters. The predicted octanol–water partition coefficient (Wildman–Crippen LogP) is 4.61. The number of carbonyl (C=O) groups excluding carboxylic acids is 2. The van der Waals surface area contributed by atoms with Crippen molar-refractivity contribution in [3.05, 3.63) is 90.5 Å². The summed E-state index contributed by atoms with van der Waals surface area (Å²) in [6.07, 6.45) is 0.743. The van der Waals surface area contributed by atoms with Crippen LogP contribution in [0.25, 0.3) is 0 Å². The first kappa shape index (κ1) is 29.7. The fourth-order valence-electron chi connectivity index (χ4n) is 3.95. The normalized spacial score (nSPS) is 12.7. The van der Waals surface area contributed by atoms with Crippen molar-refractivity contribution in [3.63, 3.8) is 0 Å². The zero-order valence-electron chi connectivity index (χ0n) is 22.9. The molecule has 0 spiro atoms. The Labute approximate surface area is 231 Å². The van der Waals surface area contributed by atoms with Crippen LogP contribution in [0.1, 0.15) is 39.7 Å². The number of nitrogens with zero attached hydrogens (tertiary/aromatic N) is 2. The average molecular weight is 552 g/mol. The van der Waals surface area contributed by atoms with Gasteiger partial charge in [-0.15, -0.1) is 0 Å². The van der Waals surface area contributed by atoms with E-state index in [-0.39, 0.29) is 23.4 Å². The van der Waals surface area contributed by atoms with Gasteiger partial charge in [0.2, 0.25) is 11.8 Å². The molecule has 2 amide bonds. The van der Waals surface area contributed by atoms with Crippen LogP contribution in [0.5, 0.6) is 5.75 Å². The maximum absolute atomic E-state index is 13.9. The van der Waals surface area contributed by atoms with Gasteiger partial charge in [0, 0.05) is 12.6 Å². The van der Waals surface area contributed by atoms with E-state index >= 15 is 0 Å². The molecule has 3 aromatic carbocycles. The molecule has 2 atom stereocenters. The first-order valence-corrected chi connectivity index (χ1v) is 14.6. The summed E-state index contributed by atoms with van der Waals surface area (Å²) in [4.78, 5) is 28.4. The molecule has 0 aliphatic carbocycles. The van der Waals surface area contributed by atoms with Gasteiger partial charge in [-0.25, -0.2) is 8.42 Å². The van der Waals surface area contributed by atoms with E-state index in [9.17, 15) is 18.0 Å². The number of hydrogen-bond donors (Lipinski definition) is 1. The Balaban J connectivity index is 1.97. The molecule has 0 saturated heterocycles. The Hall–Kier alpha value is -3.85. The summed E-state index contributed by atoms with van der Waals surface area (Å²) in [5.74, 6) is -0.243. The molecular formula is C30H37N3O5S. The summed E-state index contributed by atoms with van der Waals surface area (Å²) < 4.78 is 34.2. The summed E-state index contributed by atoms with van der Waals surface area (Å²) in [5.41, 5.74) is 1.17. The van der Waals surface area contributed by atoms with Gasteiger partial charge in [-0.05, 0) is 69.2 Å². The molecular weight excluding hydrogens is 514 g/mol. The fourth-order valence-corrected chi connectivity index (χ4v) is 5.37. The summed E-state index contributed by atoms with van der Waals surface area (Å²) in [6.45, 7) is 7.50. The van der Waals surface area contributed by atoms with E-state index < -0.39 is 28.5 Å². The third-order valence-corrected chi connectivity index (χ3v) is 8.20. The van der Waals surface area contributed by atoms with E-state index in [0.717, 1.165) is 16.3 Å². The van der Waals surface area contributed by atoms with Crippen LogP contribution in [-0.4, -0.2) is 50.4 Å². The molecule has 3 aromatic rings. The molecule has 0 fully saturated rings. The van der Waals surface area contributed by atoms with Gasteiger partial charge in [-0.2, -0.15) is 0 Å². The molecule has 0 heterocycles. The summed E-state index contributed by atoms with van der Waals surface area (Å²) in [7, 11) is -4.13. The minimum absolute atomic E-state index is 0.0276. The first-order valence-electron chi connectivity index (χ1n) is 13.1. The second-order valence-electron chi connectivity index (χ2n) is 9.25. The second-order valence-corrected chi connectivity index (χ2v) is 11.1. The second kappa shape index (κ2) is 13.8. The minimum Gasteiger partial charge on any atom is -0.494 e. The zero-order valence-corrected chi connectivity index (χ0v) is 23.7. The van der Waals surface area contributed by atoms with Crippen molar-refractivity contribution in [2.24, 2.45) is 0 Å². The zero-order chi connectivity index (χ0) is 28.4. The van der Waals surface area contributed by atoms with Crippen molar-refractivity contribution in [3.8, 4) is 5.75 Å². The molecule has 3 rings (SSSR count). The van der Waals surface area contributed by atoms with Gasteiger partial charge < -0.3 is 15.0 Å². The Morgan fingerprint density at radius 3 is 2.03 bits per heavy atom. The van der Waals surface area contributed by atoms with Crippen LogP contribution in [0.3, 0.4) is 0 Å². The van der Waals surface area contributed by atoms with E-state index in [1.165, 1.54) is 17.0 Å². The molecule has 0 saturated carbocycles. The molecule has 39 heavy (non-hydrogen) atoms. The van der Waals surface area contributed by atoms with E-state index in [4.69, 9.17) is 4.74 Å². The number of anilines is 1. The molecule has 0 aromatic heterocycles. The number of amides is 2. The fraction of sp³-hybridized carbons (Fsp3) is 0.333.